The molecule has 1 aliphatic heterocycles. The van der Waals surface area contributed by atoms with E-state index in [-0.39, 0.29) is 5.91 Å². The first-order valence-corrected chi connectivity index (χ1v) is 7.57. The maximum absolute atomic E-state index is 12.2. The van der Waals surface area contributed by atoms with Gasteiger partial charge in [-0.05, 0) is 33.6 Å². The molecule has 0 spiro atoms. The molecule has 0 unspecified atom stereocenters. The third-order valence-electron chi connectivity index (χ3n) is 4.42. The highest BCUT2D eigenvalue weighted by molar-refractivity contribution is 5.90. The molecule has 2 fully saturated rings. The molecule has 0 aromatic carbocycles. The number of amides is 1. The number of nitrogens with one attached hydrogen (secondary N) is 2. The van der Waals surface area contributed by atoms with Gasteiger partial charge in [-0.2, -0.15) is 0 Å². The van der Waals surface area contributed by atoms with Crippen LogP contribution < -0.4 is 15.5 Å². The summed E-state index contributed by atoms with van der Waals surface area (Å²) in [5, 5.41) is 6.09. The lowest BCUT2D eigenvalue weighted by Gasteiger charge is -2.42. The number of hydrogen-bond acceptors (Lipinski definition) is 5. The zero-order valence-corrected chi connectivity index (χ0v) is 13.2. The Hall–Kier alpha value is -1.85. The van der Waals surface area contributed by atoms with Gasteiger partial charge in [-0.25, -0.2) is 9.97 Å². The summed E-state index contributed by atoms with van der Waals surface area (Å²) >= 11 is 0. The monoisotopic (exact) mass is 289 g/mol. The lowest BCUT2D eigenvalue weighted by molar-refractivity contribution is -0.126. The zero-order chi connectivity index (χ0) is 15.2. The van der Waals surface area contributed by atoms with Crippen molar-refractivity contribution in [1.82, 2.24) is 15.3 Å². The summed E-state index contributed by atoms with van der Waals surface area (Å²) in [6, 6.07) is 0. The average molecular weight is 289 g/mol. The number of carbonyl (C=O) groups excluding carboxylic acids is 1. The summed E-state index contributed by atoms with van der Waals surface area (Å²) in [5.74, 6) is 3.19. The fourth-order valence-corrected chi connectivity index (χ4v) is 2.82. The highest BCUT2D eigenvalue weighted by Crippen LogP contribution is 2.40. The number of aromatic nitrogens is 2. The highest BCUT2D eigenvalue weighted by atomic mass is 16.2. The molecule has 1 saturated heterocycles. The molecule has 6 heteroatoms. The largest absolute Gasteiger partial charge is 0.373 e. The summed E-state index contributed by atoms with van der Waals surface area (Å²) in [6.45, 7) is 7.32. The van der Waals surface area contributed by atoms with Crippen LogP contribution in [-0.4, -0.2) is 41.6 Å². The Morgan fingerprint density at radius 2 is 2.05 bits per heavy atom. The lowest BCUT2D eigenvalue weighted by Crippen LogP contribution is -2.62. The maximum Gasteiger partial charge on any atom is 0.245 e. The third kappa shape index (κ3) is 2.32. The van der Waals surface area contributed by atoms with E-state index in [9.17, 15) is 4.79 Å². The first-order valence-electron chi connectivity index (χ1n) is 7.57. The quantitative estimate of drug-likeness (QED) is 0.880. The number of anilines is 2. The van der Waals surface area contributed by atoms with Gasteiger partial charge in [0.15, 0.2) is 0 Å². The van der Waals surface area contributed by atoms with Crippen molar-refractivity contribution in [2.45, 2.75) is 45.1 Å². The molecular weight excluding hydrogens is 266 g/mol. The zero-order valence-electron chi connectivity index (χ0n) is 13.2. The average Bonchev–Trinajstić information content (AvgIpc) is 3.27. The van der Waals surface area contributed by atoms with Crippen LogP contribution in [0.15, 0.2) is 0 Å². The van der Waals surface area contributed by atoms with Gasteiger partial charge in [0.2, 0.25) is 5.91 Å². The smallest absolute Gasteiger partial charge is 0.245 e. The highest BCUT2D eigenvalue weighted by Gasteiger charge is 2.40. The Morgan fingerprint density at radius 1 is 1.33 bits per heavy atom. The van der Waals surface area contributed by atoms with Gasteiger partial charge in [0, 0.05) is 31.6 Å². The van der Waals surface area contributed by atoms with Crippen LogP contribution >= 0.6 is 0 Å². The van der Waals surface area contributed by atoms with Gasteiger partial charge < -0.3 is 15.5 Å². The van der Waals surface area contributed by atoms with Crippen LogP contribution in [-0.2, 0) is 4.79 Å². The van der Waals surface area contributed by atoms with Crippen molar-refractivity contribution >= 4 is 17.5 Å². The van der Waals surface area contributed by atoms with Crippen LogP contribution in [0.1, 0.15) is 44.0 Å². The molecule has 0 atom stereocenters. The topological polar surface area (TPSA) is 70.2 Å². The number of rotatable bonds is 3. The summed E-state index contributed by atoms with van der Waals surface area (Å²) in [7, 11) is 1.88. The molecule has 1 amide bonds. The molecule has 2 heterocycles. The Labute approximate surface area is 125 Å². The summed E-state index contributed by atoms with van der Waals surface area (Å²) in [5.41, 5.74) is 0.410. The van der Waals surface area contributed by atoms with E-state index in [1.165, 1.54) is 0 Å². The van der Waals surface area contributed by atoms with Gasteiger partial charge in [-0.15, -0.1) is 0 Å². The standard InChI is InChI=1S/C15H23N5O/c1-9-11(16-4)18-12(10-5-6-10)19-13(9)20-8-7-17-14(21)15(20,2)3/h10H,5-8H2,1-4H3,(H,17,21)(H,16,18,19). The molecule has 1 saturated carbocycles. The van der Waals surface area contributed by atoms with E-state index in [1.807, 2.05) is 27.8 Å². The van der Waals surface area contributed by atoms with Crippen molar-refractivity contribution in [3.05, 3.63) is 11.4 Å². The van der Waals surface area contributed by atoms with Crippen LogP contribution in [0.3, 0.4) is 0 Å². The van der Waals surface area contributed by atoms with Crippen LogP contribution in [0.5, 0.6) is 0 Å². The Morgan fingerprint density at radius 3 is 2.67 bits per heavy atom. The Kier molecular flexibility index (Phi) is 3.26. The van der Waals surface area contributed by atoms with Crippen molar-refractivity contribution in [3.8, 4) is 0 Å². The van der Waals surface area contributed by atoms with Crippen molar-refractivity contribution in [2.24, 2.45) is 0 Å². The van der Waals surface area contributed by atoms with E-state index in [1.54, 1.807) is 0 Å². The Bertz CT molecular complexity index is 580. The predicted molar refractivity (Wildman–Crippen MR) is 82.7 cm³/mol. The summed E-state index contributed by atoms with van der Waals surface area (Å²) in [6.07, 6.45) is 2.32. The first kappa shape index (κ1) is 14.1. The molecule has 1 aromatic heterocycles. The number of hydrogen-bond donors (Lipinski definition) is 2. The number of piperazine rings is 1. The fourth-order valence-electron chi connectivity index (χ4n) is 2.82. The second kappa shape index (κ2) is 4.86. The first-order chi connectivity index (χ1) is 9.95. The molecule has 0 bridgehead atoms. The van der Waals surface area contributed by atoms with Gasteiger partial charge >= 0.3 is 0 Å². The third-order valence-corrected chi connectivity index (χ3v) is 4.42. The fraction of sp³-hybridized carbons (Fsp3) is 0.667. The SMILES string of the molecule is CNc1nc(C2CC2)nc(N2CCNC(=O)C2(C)C)c1C. The van der Waals surface area contributed by atoms with Gasteiger partial charge in [-0.3, -0.25) is 4.79 Å². The van der Waals surface area contributed by atoms with E-state index in [2.05, 4.69) is 20.5 Å². The Balaban J connectivity index is 2.07. The van der Waals surface area contributed by atoms with Crippen LogP contribution in [0.4, 0.5) is 11.6 Å². The van der Waals surface area contributed by atoms with Gasteiger partial charge in [0.05, 0.1) is 0 Å². The van der Waals surface area contributed by atoms with Crippen molar-refractivity contribution in [2.75, 3.05) is 30.4 Å². The minimum atomic E-state index is -0.594. The van der Waals surface area contributed by atoms with Crippen molar-refractivity contribution in [3.63, 3.8) is 0 Å². The number of nitrogens with zero attached hydrogens (tertiary/aromatic N) is 3. The van der Waals surface area contributed by atoms with Crippen molar-refractivity contribution < 1.29 is 4.79 Å². The molecule has 6 nitrogen and oxygen atoms in total. The molecule has 1 aliphatic carbocycles. The lowest BCUT2D eigenvalue weighted by atomic mass is 9.98. The number of carbonyl (C=O) groups is 1. The molecule has 0 radical (unpaired) electrons. The molecule has 21 heavy (non-hydrogen) atoms. The van der Waals surface area contributed by atoms with E-state index < -0.39 is 5.54 Å². The van der Waals surface area contributed by atoms with E-state index in [4.69, 9.17) is 4.98 Å². The second-order valence-electron chi connectivity index (χ2n) is 6.37. The van der Waals surface area contributed by atoms with Gasteiger partial charge in [-0.1, -0.05) is 0 Å². The molecular formula is C15H23N5O. The molecule has 2 N–H and O–H groups in total. The maximum atomic E-state index is 12.2. The van der Waals surface area contributed by atoms with E-state index in [0.717, 1.165) is 42.4 Å². The summed E-state index contributed by atoms with van der Waals surface area (Å²) in [4.78, 5) is 23.7. The van der Waals surface area contributed by atoms with Crippen LogP contribution in [0.2, 0.25) is 0 Å². The molecule has 2 aliphatic rings. The van der Waals surface area contributed by atoms with E-state index >= 15 is 0 Å². The molecule has 1 aromatic rings. The van der Waals surface area contributed by atoms with Crippen LogP contribution in [0, 0.1) is 6.92 Å². The van der Waals surface area contributed by atoms with Crippen molar-refractivity contribution in [1.29, 1.82) is 0 Å². The van der Waals surface area contributed by atoms with Crippen LogP contribution in [0.25, 0.3) is 0 Å². The summed E-state index contributed by atoms with van der Waals surface area (Å²) < 4.78 is 0. The van der Waals surface area contributed by atoms with Gasteiger partial charge in [0.1, 0.15) is 23.0 Å². The molecule has 3 rings (SSSR count). The minimum absolute atomic E-state index is 0.0470. The minimum Gasteiger partial charge on any atom is -0.373 e. The predicted octanol–water partition coefficient (Wildman–Crippen LogP) is 1.42. The normalized spacial score (nSPS) is 21.1. The second-order valence-corrected chi connectivity index (χ2v) is 6.37. The molecule has 114 valence electrons. The van der Waals surface area contributed by atoms with Gasteiger partial charge in [0.25, 0.3) is 0 Å². The van der Waals surface area contributed by atoms with E-state index in [0.29, 0.717) is 12.5 Å².